The molecule has 0 aliphatic carbocycles. The number of anilines is 1. The summed E-state index contributed by atoms with van der Waals surface area (Å²) in [5.41, 5.74) is 0.759. The standard InChI is InChI=1S/C22H37N5O3/c1-8-22(9-2,27-20(29)30-21(4,5)6)15-25-19(23-7)24-14-17-11-10-12-18(13-17)26-16(3)28/h10-13H,8-9,14-15H2,1-7H3,(H,26,28)(H,27,29)(H2,23,24,25). The van der Waals surface area contributed by atoms with Crippen molar-refractivity contribution in [3.63, 3.8) is 0 Å². The normalized spacial score (nSPS) is 12.2. The number of benzene rings is 1. The van der Waals surface area contributed by atoms with Gasteiger partial charge >= 0.3 is 6.09 Å². The highest BCUT2D eigenvalue weighted by atomic mass is 16.6. The summed E-state index contributed by atoms with van der Waals surface area (Å²) < 4.78 is 5.42. The van der Waals surface area contributed by atoms with Crippen molar-refractivity contribution < 1.29 is 14.3 Å². The zero-order valence-corrected chi connectivity index (χ0v) is 19.3. The minimum atomic E-state index is -0.548. The van der Waals surface area contributed by atoms with E-state index >= 15 is 0 Å². The molecule has 0 saturated heterocycles. The predicted molar refractivity (Wildman–Crippen MR) is 122 cm³/mol. The first-order chi connectivity index (χ1) is 14.0. The van der Waals surface area contributed by atoms with E-state index in [2.05, 4.69) is 26.3 Å². The van der Waals surface area contributed by atoms with Crippen LogP contribution in [-0.2, 0) is 16.1 Å². The zero-order valence-electron chi connectivity index (χ0n) is 19.3. The molecule has 8 heteroatoms. The van der Waals surface area contributed by atoms with Gasteiger partial charge in [0, 0.05) is 32.7 Å². The van der Waals surface area contributed by atoms with Crippen LogP contribution in [0.4, 0.5) is 10.5 Å². The van der Waals surface area contributed by atoms with Gasteiger partial charge < -0.3 is 26.0 Å². The third-order valence-electron chi connectivity index (χ3n) is 4.64. The van der Waals surface area contributed by atoms with E-state index in [1.165, 1.54) is 6.92 Å². The Morgan fingerprint density at radius 1 is 1.10 bits per heavy atom. The SMILES string of the molecule is CCC(CC)(CNC(=NC)NCc1cccc(NC(C)=O)c1)NC(=O)OC(C)(C)C. The second-order valence-corrected chi connectivity index (χ2v) is 8.28. The highest BCUT2D eigenvalue weighted by Gasteiger charge is 2.30. The molecule has 0 bridgehead atoms. The van der Waals surface area contributed by atoms with Crippen LogP contribution in [0.5, 0.6) is 0 Å². The van der Waals surface area contributed by atoms with Gasteiger partial charge in [0.25, 0.3) is 0 Å². The first-order valence-corrected chi connectivity index (χ1v) is 10.3. The van der Waals surface area contributed by atoms with Gasteiger partial charge in [-0.15, -0.1) is 0 Å². The maximum absolute atomic E-state index is 12.3. The molecule has 0 aliphatic rings. The molecule has 0 atom stereocenters. The molecule has 168 valence electrons. The van der Waals surface area contributed by atoms with Gasteiger partial charge in [0.1, 0.15) is 5.60 Å². The Balaban J connectivity index is 2.69. The predicted octanol–water partition coefficient (Wildman–Crippen LogP) is 3.39. The summed E-state index contributed by atoms with van der Waals surface area (Å²) in [7, 11) is 1.70. The monoisotopic (exact) mass is 419 g/mol. The highest BCUT2D eigenvalue weighted by molar-refractivity contribution is 5.88. The molecule has 0 saturated carbocycles. The lowest BCUT2D eigenvalue weighted by molar-refractivity contribution is -0.114. The number of carbonyl (C=O) groups excluding carboxylic acids is 2. The molecule has 0 heterocycles. The number of ether oxygens (including phenoxy) is 1. The van der Waals surface area contributed by atoms with Gasteiger partial charge in [-0.2, -0.15) is 0 Å². The number of guanidine groups is 1. The summed E-state index contributed by atoms with van der Waals surface area (Å²) in [5, 5.41) is 12.4. The third-order valence-corrected chi connectivity index (χ3v) is 4.64. The number of aliphatic imine (C=N–C) groups is 1. The van der Waals surface area contributed by atoms with E-state index in [9.17, 15) is 9.59 Å². The third kappa shape index (κ3) is 9.15. The molecule has 2 amide bonds. The van der Waals surface area contributed by atoms with Crippen LogP contribution in [0.2, 0.25) is 0 Å². The van der Waals surface area contributed by atoms with Crippen LogP contribution < -0.4 is 21.3 Å². The molecule has 1 aromatic rings. The van der Waals surface area contributed by atoms with Crippen LogP contribution >= 0.6 is 0 Å². The van der Waals surface area contributed by atoms with Crippen molar-refractivity contribution in [3.8, 4) is 0 Å². The first-order valence-electron chi connectivity index (χ1n) is 10.3. The van der Waals surface area contributed by atoms with Gasteiger partial charge in [-0.3, -0.25) is 9.79 Å². The quantitative estimate of drug-likeness (QED) is 0.382. The van der Waals surface area contributed by atoms with Crippen molar-refractivity contribution >= 4 is 23.6 Å². The lowest BCUT2D eigenvalue weighted by Gasteiger charge is -2.34. The number of amides is 2. The van der Waals surface area contributed by atoms with Gasteiger partial charge in [0.15, 0.2) is 5.96 Å². The fraction of sp³-hybridized carbons (Fsp3) is 0.591. The van der Waals surface area contributed by atoms with Crippen LogP contribution in [0.1, 0.15) is 59.9 Å². The topological polar surface area (TPSA) is 104 Å². The molecule has 0 spiro atoms. The Bertz CT molecular complexity index is 737. The molecule has 30 heavy (non-hydrogen) atoms. The van der Waals surface area contributed by atoms with E-state index in [0.29, 0.717) is 19.0 Å². The summed E-state index contributed by atoms with van der Waals surface area (Å²) in [6.07, 6.45) is 1.06. The molecule has 0 radical (unpaired) electrons. The maximum Gasteiger partial charge on any atom is 0.408 e. The summed E-state index contributed by atoms with van der Waals surface area (Å²) in [4.78, 5) is 27.8. The molecule has 0 aromatic heterocycles. The lowest BCUT2D eigenvalue weighted by atomic mass is 9.93. The summed E-state index contributed by atoms with van der Waals surface area (Å²) >= 11 is 0. The minimum Gasteiger partial charge on any atom is -0.444 e. The van der Waals surface area contributed by atoms with Crippen LogP contribution in [0, 0.1) is 0 Å². The van der Waals surface area contributed by atoms with E-state index in [4.69, 9.17) is 4.74 Å². The largest absolute Gasteiger partial charge is 0.444 e. The van der Waals surface area contributed by atoms with Crippen molar-refractivity contribution in [2.24, 2.45) is 4.99 Å². The van der Waals surface area contributed by atoms with Crippen LogP contribution in [0.3, 0.4) is 0 Å². The Kier molecular flexibility index (Phi) is 9.62. The minimum absolute atomic E-state index is 0.106. The average molecular weight is 420 g/mol. The van der Waals surface area contributed by atoms with E-state index in [1.54, 1.807) is 7.05 Å². The van der Waals surface area contributed by atoms with E-state index in [-0.39, 0.29) is 5.91 Å². The Labute approximate surface area is 180 Å². The van der Waals surface area contributed by atoms with Crippen molar-refractivity contribution in [1.82, 2.24) is 16.0 Å². The summed E-state index contributed by atoms with van der Waals surface area (Å²) in [5.74, 6) is 0.516. The van der Waals surface area contributed by atoms with Crippen molar-refractivity contribution in [2.75, 3.05) is 18.9 Å². The van der Waals surface area contributed by atoms with Crippen molar-refractivity contribution in [2.45, 2.75) is 72.1 Å². The number of hydrogen-bond donors (Lipinski definition) is 4. The molecule has 0 fully saturated rings. The second-order valence-electron chi connectivity index (χ2n) is 8.28. The van der Waals surface area contributed by atoms with Gasteiger partial charge in [0.2, 0.25) is 5.91 Å². The van der Waals surface area contributed by atoms with Gasteiger partial charge in [-0.1, -0.05) is 26.0 Å². The van der Waals surface area contributed by atoms with Crippen molar-refractivity contribution in [3.05, 3.63) is 29.8 Å². The summed E-state index contributed by atoms with van der Waals surface area (Å²) in [6.45, 7) is 12.1. The molecule has 8 nitrogen and oxygen atoms in total. The maximum atomic E-state index is 12.3. The Hall–Kier alpha value is -2.77. The number of hydrogen-bond acceptors (Lipinski definition) is 4. The molecule has 0 aliphatic heterocycles. The summed E-state index contributed by atoms with van der Waals surface area (Å²) in [6, 6.07) is 7.62. The number of rotatable bonds is 8. The molecule has 0 unspecified atom stereocenters. The Morgan fingerprint density at radius 3 is 2.30 bits per heavy atom. The molecule has 1 aromatic carbocycles. The van der Waals surface area contributed by atoms with Crippen molar-refractivity contribution in [1.29, 1.82) is 0 Å². The molecular formula is C22H37N5O3. The number of nitrogens with zero attached hydrogens (tertiary/aromatic N) is 1. The average Bonchev–Trinajstić information content (AvgIpc) is 2.65. The molecule has 4 N–H and O–H groups in total. The lowest BCUT2D eigenvalue weighted by Crippen LogP contribution is -2.57. The molecular weight excluding hydrogens is 382 g/mol. The van der Waals surface area contributed by atoms with Gasteiger partial charge in [0.05, 0.1) is 5.54 Å². The van der Waals surface area contributed by atoms with Crippen LogP contribution in [0.25, 0.3) is 0 Å². The number of alkyl carbamates (subject to hydrolysis) is 1. The van der Waals surface area contributed by atoms with Crippen LogP contribution in [0.15, 0.2) is 29.3 Å². The highest BCUT2D eigenvalue weighted by Crippen LogP contribution is 2.16. The van der Waals surface area contributed by atoms with E-state index in [0.717, 1.165) is 24.1 Å². The van der Waals surface area contributed by atoms with E-state index < -0.39 is 17.2 Å². The fourth-order valence-electron chi connectivity index (χ4n) is 2.86. The van der Waals surface area contributed by atoms with Gasteiger partial charge in [-0.25, -0.2) is 4.79 Å². The Morgan fingerprint density at radius 2 is 1.77 bits per heavy atom. The van der Waals surface area contributed by atoms with E-state index in [1.807, 2.05) is 58.9 Å². The smallest absolute Gasteiger partial charge is 0.408 e. The zero-order chi connectivity index (χ0) is 22.8. The number of nitrogens with one attached hydrogen (secondary N) is 4. The van der Waals surface area contributed by atoms with Crippen LogP contribution in [-0.4, -0.2) is 42.7 Å². The fourth-order valence-corrected chi connectivity index (χ4v) is 2.86. The number of carbonyl (C=O) groups is 2. The second kappa shape index (κ2) is 11.4. The molecule has 1 rings (SSSR count). The van der Waals surface area contributed by atoms with Gasteiger partial charge in [-0.05, 0) is 51.3 Å². The first kappa shape index (κ1) is 25.3.